The molecule has 4 N–H and O–H groups in total. The Hall–Kier alpha value is -1.50. The van der Waals surface area contributed by atoms with Crippen molar-refractivity contribution in [2.24, 2.45) is 16.9 Å². The van der Waals surface area contributed by atoms with E-state index in [0.717, 1.165) is 0 Å². The number of nitrogens with two attached hydrogens (primary N) is 1. The molecule has 92 valence electrons. The lowest BCUT2D eigenvalue weighted by molar-refractivity contribution is -0.143. The number of nitrogens with zero attached hydrogens (tertiary/aromatic N) is 3. The molecule has 7 heteroatoms. The summed E-state index contributed by atoms with van der Waals surface area (Å²) in [5.74, 6) is 4.91. The number of carbonyl (C=O) groups is 1. The molecule has 0 aromatic heterocycles. The highest BCUT2D eigenvalue weighted by Gasteiger charge is 2.37. The predicted octanol–water partition coefficient (Wildman–Crippen LogP) is -0.923. The van der Waals surface area contributed by atoms with Gasteiger partial charge < -0.3 is 15.8 Å². The standard InChI is InChI=1S/C9H19N5O2/c1-6(2)7(8(15)16)13-4-5-14(11-3)9(13)12-10/h6-7,11H,4-5,10H2,1-3H3,(H,15,16)/b12-9-. The van der Waals surface area contributed by atoms with Gasteiger partial charge in [0, 0.05) is 13.6 Å². The van der Waals surface area contributed by atoms with Gasteiger partial charge in [-0.3, -0.25) is 5.01 Å². The second kappa shape index (κ2) is 5.02. The molecule has 1 saturated heterocycles. The van der Waals surface area contributed by atoms with Crippen molar-refractivity contribution in [3.8, 4) is 0 Å². The van der Waals surface area contributed by atoms with Crippen LogP contribution in [0.1, 0.15) is 13.8 Å². The molecular weight excluding hydrogens is 210 g/mol. The van der Waals surface area contributed by atoms with E-state index in [-0.39, 0.29) is 5.92 Å². The van der Waals surface area contributed by atoms with Gasteiger partial charge in [-0.2, -0.15) is 0 Å². The van der Waals surface area contributed by atoms with Crippen LogP contribution in [0, 0.1) is 5.92 Å². The Kier molecular flexibility index (Phi) is 3.94. The van der Waals surface area contributed by atoms with E-state index in [1.807, 2.05) is 13.8 Å². The number of nitrogens with one attached hydrogen (secondary N) is 1. The minimum absolute atomic E-state index is 0.00828. The van der Waals surface area contributed by atoms with Crippen molar-refractivity contribution in [3.05, 3.63) is 0 Å². The number of hydrazine groups is 1. The molecule has 1 fully saturated rings. The van der Waals surface area contributed by atoms with E-state index in [1.54, 1.807) is 17.0 Å². The monoisotopic (exact) mass is 229 g/mol. The van der Waals surface area contributed by atoms with Crippen LogP contribution >= 0.6 is 0 Å². The van der Waals surface area contributed by atoms with Crippen molar-refractivity contribution in [2.45, 2.75) is 19.9 Å². The summed E-state index contributed by atoms with van der Waals surface area (Å²) in [4.78, 5) is 12.9. The third-order valence-corrected chi connectivity index (χ3v) is 2.67. The predicted molar refractivity (Wildman–Crippen MR) is 60.4 cm³/mol. The Morgan fingerprint density at radius 2 is 2.19 bits per heavy atom. The molecule has 7 nitrogen and oxygen atoms in total. The van der Waals surface area contributed by atoms with Crippen LogP contribution in [0.15, 0.2) is 5.10 Å². The molecule has 16 heavy (non-hydrogen) atoms. The zero-order valence-corrected chi connectivity index (χ0v) is 9.84. The molecule has 1 heterocycles. The van der Waals surface area contributed by atoms with E-state index in [1.165, 1.54) is 0 Å². The lowest BCUT2D eigenvalue weighted by atomic mass is 10.0. The highest BCUT2D eigenvalue weighted by atomic mass is 16.4. The molecule has 1 aliphatic heterocycles. The first-order chi connectivity index (χ1) is 7.52. The van der Waals surface area contributed by atoms with Crippen LogP contribution in [0.5, 0.6) is 0 Å². The van der Waals surface area contributed by atoms with Gasteiger partial charge in [0.25, 0.3) is 0 Å². The Morgan fingerprint density at radius 3 is 2.56 bits per heavy atom. The Bertz CT molecular complexity index is 292. The molecule has 1 atom stereocenters. The second-order valence-electron chi connectivity index (χ2n) is 4.02. The first kappa shape index (κ1) is 12.6. The molecule has 0 aliphatic carbocycles. The highest BCUT2D eigenvalue weighted by Crippen LogP contribution is 2.17. The van der Waals surface area contributed by atoms with Crippen molar-refractivity contribution in [1.82, 2.24) is 15.3 Å². The van der Waals surface area contributed by atoms with Crippen molar-refractivity contribution >= 4 is 11.9 Å². The van der Waals surface area contributed by atoms with Crippen molar-refractivity contribution in [1.29, 1.82) is 0 Å². The fraction of sp³-hybridized carbons (Fsp3) is 0.778. The number of carboxylic acid groups (broad SMARTS) is 1. The van der Waals surface area contributed by atoms with E-state index >= 15 is 0 Å². The third kappa shape index (κ3) is 2.19. The normalized spacial score (nSPS) is 20.9. The summed E-state index contributed by atoms with van der Waals surface area (Å²) < 4.78 is 0. The lowest BCUT2D eigenvalue weighted by Gasteiger charge is -2.29. The van der Waals surface area contributed by atoms with Crippen LogP contribution in [0.4, 0.5) is 0 Å². The molecule has 0 bridgehead atoms. The molecule has 0 aromatic carbocycles. The molecule has 0 aromatic rings. The maximum Gasteiger partial charge on any atom is 0.326 e. The van der Waals surface area contributed by atoms with Gasteiger partial charge in [-0.25, -0.2) is 10.2 Å². The second-order valence-corrected chi connectivity index (χ2v) is 4.02. The largest absolute Gasteiger partial charge is 0.480 e. The average Bonchev–Trinajstić information content (AvgIpc) is 2.59. The number of guanidine groups is 1. The van der Waals surface area contributed by atoms with Gasteiger partial charge in [-0.1, -0.05) is 13.8 Å². The number of aliphatic carboxylic acids is 1. The first-order valence-corrected chi connectivity index (χ1v) is 5.25. The maximum absolute atomic E-state index is 11.2. The first-order valence-electron chi connectivity index (χ1n) is 5.25. The topological polar surface area (TPSA) is 94.2 Å². The lowest BCUT2D eigenvalue weighted by Crippen LogP contribution is -2.49. The molecule has 0 radical (unpaired) electrons. The summed E-state index contributed by atoms with van der Waals surface area (Å²) in [6.45, 7) is 5.01. The number of hydrogen-bond acceptors (Lipinski definition) is 4. The van der Waals surface area contributed by atoms with Crippen molar-refractivity contribution in [3.63, 3.8) is 0 Å². The minimum Gasteiger partial charge on any atom is -0.480 e. The Labute approximate surface area is 94.9 Å². The summed E-state index contributed by atoms with van der Waals surface area (Å²) in [5, 5.41) is 14.6. The van der Waals surface area contributed by atoms with Crippen molar-refractivity contribution < 1.29 is 9.90 Å². The summed E-state index contributed by atoms with van der Waals surface area (Å²) in [6, 6.07) is -0.597. The van der Waals surface area contributed by atoms with Crippen LogP contribution in [-0.4, -0.2) is 53.1 Å². The van der Waals surface area contributed by atoms with E-state index in [2.05, 4.69) is 10.5 Å². The van der Waals surface area contributed by atoms with Gasteiger partial charge in [0.05, 0.1) is 6.54 Å². The molecule has 0 amide bonds. The van der Waals surface area contributed by atoms with E-state index in [4.69, 9.17) is 5.84 Å². The van der Waals surface area contributed by atoms with Gasteiger partial charge in [0.15, 0.2) is 0 Å². The average molecular weight is 229 g/mol. The highest BCUT2D eigenvalue weighted by molar-refractivity contribution is 5.87. The van der Waals surface area contributed by atoms with Gasteiger partial charge in [-0.05, 0) is 5.92 Å². The van der Waals surface area contributed by atoms with Crippen LogP contribution in [-0.2, 0) is 4.79 Å². The number of hydrogen-bond donors (Lipinski definition) is 3. The summed E-state index contributed by atoms with van der Waals surface area (Å²) in [5.41, 5.74) is 2.92. The SMILES string of the molecule is CNN1CCN(C(C(=O)O)C(C)C)/C1=N/N. The molecular formula is C9H19N5O2. The molecule has 1 rings (SSSR count). The van der Waals surface area contributed by atoms with Crippen LogP contribution in [0.25, 0.3) is 0 Å². The summed E-state index contributed by atoms with van der Waals surface area (Å²) in [6.07, 6.45) is 0. The van der Waals surface area contributed by atoms with Crippen LogP contribution in [0.3, 0.4) is 0 Å². The molecule has 0 saturated carbocycles. The van der Waals surface area contributed by atoms with Gasteiger partial charge in [0.2, 0.25) is 5.96 Å². The smallest absolute Gasteiger partial charge is 0.326 e. The van der Waals surface area contributed by atoms with Crippen molar-refractivity contribution in [2.75, 3.05) is 20.1 Å². The zero-order valence-electron chi connectivity index (χ0n) is 9.84. The van der Waals surface area contributed by atoms with E-state index in [9.17, 15) is 9.90 Å². The number of carboxylic acids is 1. The van der Waals surface area contributed by atoms with Gasteiger partial charge in [-0.15, -0.1) is 5.10 Å². The number of hydrazone groups is 1. The summed E-state index contributed by atoms with van der Waals surface area (Å²) >= 11 is 0. The van der Waals surface area contributed by atoms with Gasteiger partial charge in [0.1, 0.15) is 6.04 Å². The van der Waals surface area contributed by atoms with E-state index < -0.39 is 12.0 Å². The molecule has 1 aliphatic rings. The van der Waals surface area contributed by atoms with Crippen LogP contribution < -0.4 is 11.3 Å². The van der Waals surface area contributed by atoms with Gasteiger partial charge >= 0.3 is 5.97 Å². The fourth-order valence-corrected chi connectivity index (χ4v) is 1.96. The Balaban J connectivity index is 2.91. The minimum atomic E-state index is -0.853. The molecule has 0 spiro atoms. The third-order valence-electron chi connectivity index (χ3n) is 2.67. The fourth-order valence-electron chi connectivity index (χ4n) is 1.96. The zero-order chi connectivity index (χ0) is 12.3. The van der Waals surface area contributed by atoms with E-state index in [0.29, 0.717) is 19.0 Å². The quantitative estimate of drug-likeness (QED) is 0.426. The maximum atomic E-state index is 11.2. The number of rotatable bonds is 4. The molecule has 1 unspecified atom stereocenters. The van der Waals surface area contributed by atoms with Crippen LogP contribution in [0.2, 0.25) is 0 Å². The summed E-state index contributed by atoms with van der Waals surface area (Å²) in [7, 11) is 1.75. The Morgan fingerprint density at radius 1 is 1.56 bits per heavy atom.